The fourth-order valence-corrected chi connectivity index (χ4v) is 7.44. The van der Waals surface area contributed by atoms with Gasteiger partial charge in [0.05, 0.1) is 24.0 Å². The number of nitrogens with two attached hydrogens (primary N) is 1. The van der Waals surface area contributed by atoms with Crippen molar-refractivity contribution in [2.24, 2.45) is 30.5 Å². The highest BCUT2D eigenvalue weighted by molar-refractivity contribution is 6.00. The molecule has 10 nitrogen and oxygen atoms in total. The molecule has 1 aliphatic heterocycles. The van der Waals surface area contributed by atoms with E-state index < -0.39 is 0 Å². The number of hydrogen-bond acceptors (Lipinski definition) is 6. The Morgan fingerprint density at radius 2 is 1.91 bits per heavy atom. The van der Waals surface area contributed by atoms with Crippen LogP contribution in [0.15, 0.2) is 42.6 Å². The van der Waals surface area contributed by atoms with Gasteiger partial charge in [-0.05, 0) is 79.8 Å². The molecule has 8 rings (SSSR count). The first-order valence-corrected chi connectivity index (χ1v) is 15.9. The normalized spacial score (nSPS) is 21.4. The second kappa shape index (κ2) is 10.2. The summed E-state index contributed by atoms with van der Waals surface area (Å²) in [6, 6.07) is 12.4. The Balaban J connectivity index is 1.21. The molecule has 1 aromatic carbocycles. The first-order chi connectivity index (χ1) is 21.3. The number of benzene rings is 1. The monoisotopic (exact) mass is 592 g/mol. The van der Waals surface area contributed by atoms with Crippen LogP contribution < -0.4 is 10.5 Å². The fraction of sp³-hybridized carbons (Fsp3) is 0.471. The highest BCUT2D eigenvalue weighted by Crippen LogP contribution is 2.40. The van der Waals surface area contributed by atoms with E-state index >= 15 is 0 Å². The Labute approximate surface area is 256 Å². The van der Waals surface area contributed by atoms with Gasteiger partial charge < -0.3 is 24.5 Å². The summed E-state index contributed by atoms with van der Waals surface area (Å²) in [7, 11) is 3.67. The molecular weight excluding hydrogens is 552 g/mol. The van der Waals surface area contributed by atoms with Gasteiger partial charge in [0.25, 0.3) is 5.91 Å². The third-order valence-electron chi connectivity index (χ3n) is 9.88. The summed E-state index contributed by atoms with van der Waals surface area (Å²) >= 11 is 0. The average Bonchev–Trinajstić information content (AvgIpc) is 3.29. The summed E-state index contributed by atoms with van der Waals surface area (Å²) in [5, 5.41) is 5.87. The smallest absolute Gasteiger partial charge is 0.254 e. The van der Waals surface area contributed by atoms with Crippen molar-refractivity contribution in [1.29, 1.82) is 0 Å². The largest absolute Gasteiger partial charge is 0.494 e. The molecule has 0 radical (unpaired) electrons. The Morgan fingerprint density at radius 3 is 2.61 bits per heavy atom. The molecule has 0 spiro atoms. The van der Waals surface area contributed by atoms with Crippen molar-refractivity contribution >= 4 is 28.0 Å². The summed E-state index contributed by atoms with van der Waals surface area (Å²) < 4.78 is 12.3. The maximum atomic E-state index is 13.7. The third-order valence-corrected chi connectivity index (χ3v) is 9.88. The zero-order valence-corrected chi connectivity index (χ0v) is 25.9. The maximum Gasteiger partial charge on any atom is 0.254 e. The van der Waals surface area contributed by atoms with E-state index in [4.69, 9.17) is 25.5 Å². The lowest BCUT2D eigenvalue weighted by molar-refractivity contribution is 0.0700. The van der Waals surface area contributed by atoms with Crippen molar-refractivity contribution in [2.45, 2.75) is 64.7 Å². The van der Waals surface area contributed by atoms with E-state index in [0.717, 1.165) is 77.4 Å². The van der Waals surface area contributed by atoms with Crippen LogP contribution in [0.1, 0.15) is 49.9 Å². The standard InChI is InChI=1S/C34H40N8O2/c1-19(2)16-40-12-11-25(38-40)24-9-7-21-14-28(41(32(21)36-24)17-20-5-6-20)33-37-26-13-23(15-29(44-4)31(26)39(33)3)34(43)42-18-22-8-10-27(42)30(22)35/h7,9,11-15,19-20,22,27,30H,5-6,8,10,16-18,35H2,1-4H3/t22?,27?,30-/m1/s1. The van der Waals surface area contributed by atoms with Gasteiger partial charge in [-0.1, -0.05) is 13.8 Å². The Bertz CT molecular complexity index is 1910. The van der Waals surface area contributed by atoms with E-state index in [0.29, 0.717) is 29.1 Å². The van der Waals surface area contributed by atoms with Gasteiger partial charge in [0.15, 0.2) is 5.82 Å². The van der Waals surface area contributed by atoms with Crippen molar-refractivity contribution in [3.8, 4) is 28.7 Å². The van der Waals surface area contributed by atoms with Crippen LogP contribution in [0.3, 0.4) is 0 Å². The number of amides is 1. The molecule has 3 fully saturated rings. The van der Waals surface area contributed by atoms with Crippen molar-refractivity contribution in [1.82, 2.24) is 33.8 Å². The molecule has 44 heavy (non-hydrogen) atoms. The van der Waals surface area contributed by atoms with Crippen LogP contribution in [0.25, 0.3) is 45.0 Å². The summed E-state index contributed by atoms with van der Waals surface area (Å²) in [4.78, 5) is 26.0. The first kappa shape index (κ1) is 27.4. The number of aryl methyl sites for hydroxylation is 1. The number of pyridine rings is 1. The van der Waals surface area contributed by atoms with Crippen molar-refractivity contribution < 1.29 is 9.53 Å². The average molecular weight is 593 g/mol. The molecule has 3 atom stereocenters. The minimum atomic E-state index is 0.00969. The number of rotatable bonds is 8. The highest BCUT2D eigenvalue weighted by atomic mass is 16.5. The number of nitrogens with zero attached hydrogens (tertiary/aromatic N) is 7. The summed E-state index contributed by atoms with van der Waals surface area (Å²) in [6.45, 7) is 6.88. The second-order valence-electron chi connectivity index (χ2n) is 13.5. The van der Waals surface area contributed by atoms with Crippen LogP contribution >= 0.6 is 0 Å². The van der Waals surface area contributed by atoms with Crippen LogP contribution in [0.5, 0.6) is 5.75 Å². The lowest BCUT2D eigenvalue weighted by Gasteiger charge is -2.27. The maximum absolute atomic E-state index is 13.7. The highest BCUT2D eigenvalue weighted by Gasteiger charge is 2.47. The molecule has 1 amide bonds. The van der Waals surface area contributed by atoms with E-state index in [1.807, 2.05) is 41.0 Å². The molecule has 3 aliphatic rings. The number of likely N-dealkylation sites (tertiary alicyclic amines) is 1. The van der Waals surface area contributed by atoms with Gasteiger partial charge in [-0.25, -0.2) is 9.97 Å². The molecule has 2 aliphatic carbocycles. The Kier molecular flexibility index (Phi) is 6.34. The van der Waals surface area contributed by atoms with E-state index in [1.165, 1.54) is 12.8 Å². The number of imidazole rings is 1. The van der Waals surface area contributed by atoms with Crippen molar-refractivity contribution in [3.63, 3.8) is 0 Å². The van der Waals surface area contributed by atoms with Crippen LogP contribution in [0, 0.1) is 17.8 Å². The number of piperidine rings is 1. The van der Waals surface area contributed by atoms with Crippen LogP contribution in [-0.2, 0) is 20.1 Å². The molecule has 2 unspecified atom stereocenters. The van der Waals surface area contributed by atoms with Gasteiger partial charge in [-0.3, -0.25) is 9.48 Å². The van der Waals surface area contributed by atoms with E-state index in [2.05, 4.69) is 41.2 Å². The van der Waals surface area contributed by atoms with Crippen LogP contribution in [0.4, 0.5) is 0 Å². The molecule has 2 bridgehead atoms. The third kappa shape index (κ3) is 4.41. The second-order valence-corrected chi connectivity index (χ2v) is 13.5. The topological polar surface area (TPSA) is 109 Å². The molecule has 2 saturated carbocycles. The number of hydrogen-bond donors (Lipinski definition) is 1. The van der Waals surface area contributed by atoms with Gasteiger partial charge in [0, 0.05) is 55.9 Å². The van der Waals surface area contributed by atoms with Crippen molar-refractivity contribution in [2.75, 3.05) is 13.7 Å². The summed E-state index contributed by atoms with van der Waals surface area (Å²) in [6.07, 6.45) is 6.56. The number of carbonyl (C=O) groups excluding carboxylic acids is 1. The predicted molar refractivity (Wildman–Crippen MR) is 170 cm³/mol. The van der Waals surface area contributed by atoms with Crippen LogP contribution in [-0.4, -0.2) is 65.4 Å². The lowest BCUT2D eigenvalue weighted by Crippen LogP contribution is -2.41. The lowest BCUT2D eigenvalue weighted by atomic mass is 10.1. The zero-order valence-electron chi connectivity index (χ0n) is 25.9. The number of fused-ring (bicyclic) bond motifs is 4. The first-order valence-electron chi connectivity index (χ1n) is 15.9. The summed E-state index contributed by atoms with van der Waals surface area (Å²) in [5.74, 6) is 3.03. The zero-order chi connectivity index (χ0) is 30.3. The van der Waals surface area contributed by atoms with Gasteiger partial charge in [0.1, 0.15) is 22.6 Å². The van der Waals surface area contributed by atoms with Gasteiger partial charge in [-0.2, -0.15) is 5.10 Å². The molecule has 1 saturated heterocycles. The van der Waals surface area contributed by atoms with E-state index in [9.17, 15) is 4.79 Å². The van der Waals surface area contributed by atoms with Crippen LogP contribution in [0.2, 0.25) is 0 Å². The van der Waals surface area contributed by atoms with E-state index in [1.54, 1.807) is 7.11 Å². The predicted octanol–water partition coefficient (Wildman–Crippen LogP) is 5.09. The molecule has 4 aromatic heterocycles. The fourth-order valence-electron chi connectivity index (χ4n) is 7.44. The minimum absolute atomic E-state index is 0.00969. The number of methoxy groups -OCH3 is 1. The van der Waals surface area contributed by atoms with Gasteiger partial charge in [0.2, 0.25) is 0 Å². The molecule has 5 aromatic rings. The quantitative estimate of drug-likeness (QED) is 0.269. The minimum Gasteiger partial charge on any atom is -0.494 e. The van der Waals surface area contributed by atoms with Gasteiger partial charge in [-0.15, -0.1) is 0 Å². The molecule has 2 N–H and O–H groups in total. The SMILES string of the molecule is COc1cc(C(=O)N2CC3CCC2[C@@H]3N)cc2nc(-c3cc4ccc(-c5ccn(CC(C)C)n5)nc4n3CC3CC3)n(C)c12. The summed E-state index contributed by atoms with van der Waals surface area (Å²) in [5.41, 5.74) is 12.3. The molecule has 5 heterocycles. The molecule has 10 heteroatoms. The van der Waals surface area contributed by atoms with E-state index in [-0.39, 0.29) is 18.0 Å². The van der Waals surface area contributed by atoms with Crippen molar-refractivity contribution in [3.05, 3.63) is 48.2 Å². The number of ether oxygens (including phenoxy) is 1. The number of aromatic nitrogens is 6. The number of carbonyl (C=O) groups is 1. The molecule has 228 valence electrons. The Hall–Kier alpha value is -4.18. The van der Waals surface area contributed by atoms with Gasteiger partial charge >= 0.3 is 0 Å². The molecular formula is C34H40N8O2. The Morgan fingerprint density at radius 1 is 1.07 bits per heavy atom.